The number of aliphatic hydroxyl groups excluding tert-OH is 2. The number of alkyl halides is 6. The fraction of sp³-hybridized carbons (Fsp3) is 0.364. The number of hydrogen-bond donors (Lipinski definition) is 4. The molecule has 22 heavy (non-hydrogen) atoms. The van der Waals surface area contributed by atoms with Crippen molar-refractivity contribution in [2.75, 3.05) is 0 Å². The van der Waals surface area contributed by atoms with Crippen LogP contribution in [0, 0.1) is 0 Å². The van der Waals surface area contributed by atoms with E-state index in [1.807, 2.05) is 0 Å². The number of nitrogens with one attached hydrogen (secondary N) is 1. The van der Waals surface area contributed by atoms with E-state index < -0.39 is 26.0 Å². The molecule has 1 atom stereocenters. The first-order chi connectivity index (χ1) is 9.85. The van der Waals surface area contributed by atoms with E-state index in [4.69, 9.17) is 79.8 Å². The second-order valence-electron chi connectivity index (χ2n) is 3.70. The second kappa shape index (κ2) is 9.57. The number of carbonyl (C=O) groups excluding carboxylic acids is 1. The zero-order valence-corrected chi connectivity index (χ0v) is 15.1. The highest BCUT2D eigenvalue weighted by Crippen LogP contribution is 2.29. The van der Waals surface area contributed by atoms with Gasteiger partial charge in [0.1, 0.15) is 0 Å². The van der Waals surface area contributed by atoms with Gasteiger partial charge >= 0.3 is 0 Å². The van der Waals surface area contributed by atoms with Crippen LogP contribution in [0.3, 0.4) is 0 Å². The van der Waals surface area contributed by atoms with Crippen molar-refractivity contribution in [3.05, 3.63) is 35.9 Å². The van der Waals surface area contributed by atoms with Gasteiger partial charge in [0, 0.05) is 5.56 Å². The zero-order chi connectivity index (χ0) is 17.6. The van der Waals surface area contributed by atoms with E-state index in [1.54, 1.807) is 30.3 Å². The molecule has 126 valence electrons. The van der Waals surface area contributed by atoms with Gasteiger partial charge in [0.05, 0.1) is 0 Å². The molecule has 0 aliphatic carbocycles. The molecule has 11 heteroatoms. The van der Waals surface area contributed by atoms with Gasteiger partial charge in [0.25, 0.3) is 5.91 Å². The number of rotatable bonds is 2. The van der Waals surface area contributed by atoms with Crippen molar-refractivity contribution in [3.63, 3.8) is 0 Å². The molecule has 0 aliphatic rings. The Balaban J connectivity index is 0.000000534. The van der Waals surface area contributed by atoms with E-state index in [1.165, 1.54) is 0 Å². The quantitative estimate of drug-likeness (QED) is 0.426. The Morgan fingerprint density at radius 2 is 1.32 bits per heavy atom. The van der Waals surface area contributed by atoms with Crippen LogP contribution in [0.4, 0.5) is 0 Å². The average Bonchev–Trinajstić information content (AvgIpc) is 2.38. The minimum absolute atomic E-state index is 0.380. The SMILES string of the molecule is O=C(NC(O)C(Cl)(Cl)Cl)c1ccccc1.OC(O)C(Cl)(Cl)Cl. The fourth-order valence-electron chi connectivity index (χ4n) is 0.879. The molecule has 0 spiro atoms. The molecule has 5 nitrogen and oxygen atoms in total. The van der Waals surface area contributed by atoms with Gasteiger partial charge in [-0.1, -0.05) is 87.8 Å². The smallest absolute Gasteiger partial charge is 0.253 e. The summed E-state index contributed by atoms with van der Waals surface area (Å²) in [6.45, 7) is 0. The number of hydrogen-bond acceptors (Lipinski definition) is 4. The lowest BCUT2D eigenvalue weighted by Gasteiger charge is -2.19. The van der Waals surface area contributed by atoms with Gasteiger partial charge in [-0.15, -0.1) is 0 Å². The van der Waals surface area contributed by atoms with Gasteiger partial charge < -0.3 is 20.6 Å². The zero-order valence-electron chi connectivity index (χ0n) is 10.6. The van der Waals surface area contributed by atoms with Crippen LogP contribution in [0.2, 0.25) is 0 Å². The fourth-order valence-corrected chi connectivity index (χ4v) is 1.04. The second-order valence-corrected chi connectivity index (χ2v) is 8.44. The molecule has 0 heterocycles. The van der Waals surface area contributed by atoms with Crippen molar-refractivity contribution in [2.24, 2.45) is 0 Å². The Labute approximate surface area is 156 Å². The first kappa shape index (κ1) is 22.3. The summed E-state index contributed by atoms with van der Waals surface area (Å²) in [6, 6.07) is 8.32. The first-order valence-electron chi connectivity index (χ1n) is 5.39. The Kier molecular flexibility index (Phi) is 9.70. The molecule has 0 saturated heterocycles. The van der Waals surface area contributed by atoms with Crippen molar-refractivity contribution in [3.8, 4) is 0 Å². The predicted molar refractivity (Wildman–Crippen MR) is 88.7 cm³/mol. The largest absolute Gasteiger partial charge is 0.369 e. The number of aliphatic hydroxyl groups is 3. The molecule has 0 radical (unpaired) electrons. The molecule has 0 aliphatic heterocycles. The standard InChI is InChI=1S/C9H8Cl3NO2.C2H3Cl3O2/c10-9(11,12)8(15)13-7(14)6-4-2-1-3-5-6;3-2(4,5)1(6)7/h1-5,8,15H,(H,13,14);1,6-7H. The summed E-state index contributed by atoms with van der Waals surface area (Å²) >= 11 is 30.8. The Morgan fingerprint density at radius 1 is 0.909 bits per heavy atom. The van der Waals surface area contributed by atoms with Gasteiger partial charge in [-0.2, -0.15) is 0 Å². The number of benzene rings is 1. The third kappa shape index (κ3) is 9.45. The van der Waals surface area contributed by atoms with Crippen LogP contribution in [0.15, 0.2) is 30.3 Å². The lowest BCUT2D eigenvalue weighted by atomic mass is 10.2. The number of halogens is 6. The minimum Gasteiger partial charge on any atom is -0.369 e. The molecule has 1 amide bonds. The van der Waals surface area contributed by atoms with Gasteiger partial charge in [0.15, 0.2) is 12.5 Å². The van der Waals surface area contributed by atoms with Crippen LogP contribution in [0.25, 0.3) is 0 Å². The van der Waals surface area contributed by atoms with E-state index in [2.05, 4.69) is 5.32 Å². The Bertz CT molecular complexity index is 460. The summed E-state index contributed by atoms with van der Waals surface area (Å²) in [5, 5.41) is 27.5. The molecule has 4 N–H and O–H groups in total. The number of carbonyl (C=O) groups is 1. The third-order valence-electron chi connectivity index (χ3n) is 1.91. The van der Waals surface area contributed by atoms with E-state index >= 15 is 0 Å². The molecule has 1 unspecified atom stereocenters. The maximum atomic E-state index is 11.5. The van der Waals surface area contributed by atoms with Gasteiger partial charge in [0.2, 0.25) is 7.59 Å². The summed E-state index contributed by atoms with van der Waals surface area (Å²) in [6.07, 6.45) is -3.45. The lowest BCUT2D eigenvalue weighted by Crippen LogP contribution is -2.43. The maximum absolute atomic E-state index is 11.5. The van der Waals surface area contributed by atoms with Crippen LogP contribution in [-0.2, 0) is 0 Å². The molecule has 1 aromatic carbocycles. The van der Waals surface area contributed by atoms with Gasteiger partial charge in [-0.25, -0.2) is 0 Å². The van der Waals surface area contributed by atoms with E-state index in [0.29, 0.717) is 5.56 Å². The predicted octanol–water partition coefficient (Wildman–Crippen LogP) is 2.77. The lowest BCUT2D eigenvalue weighted by molar-refractivity contribution is -0.0355. The molecule has 1 rings (SSSR count). The van der Waals surface area contributed by atoms with Crippen LogP contribution in [0.1, 0.15) is 10.4 Å². The highest BCUT2D eigenvalue weighted by atomic mass is 35.6. The van der Waals surface area contributed by atoms with E-state index in [9.17, 15) is 9.90 Å². The summed E-state index contributed by atoms with van der Waals surface area (Å²) < 4.78 is -3.91. The first-order valence-corrected chi connectivity index (χ1v) is 7.66. The Morgan fingerprint density at radius 3 is 1.64 bits per heavy atom. The number of amides is 1. The molecule has 1 aromatic rings. The average molecular weight is 434 g/mol. The van der Waals surface area contributed by atoms with Crippen LogP contribution < -0.4 is 5.32 Å². The summed E-state index contributed by atoms with van der Waals surface area (Å²) in [4.78, 5) is 11.5. The van der Waals surface area contributed by atoms with Gasteiger partial charge in [-0.05, 0) is 12.1 Å². The maximum Gasteiger partial charge on any atom is 0.253 e. The summed E-state index contributed by atoms with van der Waals surface area (Å²) in [5.41, 5.74) is 0.380. The van der Waals surface area contributed by atoms with Crippen LogP contribution in [-0.4, -0.2) is 41.3 Å². The highest BCUT2D eigenvalue weighted by Gasteiger charge is 2.32. The third-order valence-corrected chi connectivity index (χ3v) is 3.11. The van der Waals surface area contributed by atoms with Gasteiger partial charge in [-0.3, -0.25) is 4.79 Å². The van der Waals surface area contributed by atoms with Crippen molar-refractivity contribution < 1.29 is 20.1 Å². The summed E-state index contributed by atoms with van der Waals surface area (Å²) in [7, 11) is 0. The van der Waals surface area contributed by atoms with Crippen molar-refractivity contribution in [2.45, 2.75) is 20.1 Å². The highest BCUT2D eigenvalue weighted by molar-refractivity contribution is 6.68. The topological polar surface area (TPSA) is 89.8 Å². The monoisotopic (exact) mass is 431 g/mol. The molecular formula is C11H11Cl6NO4. The van der Waals surface area contributed by atoms with Crippen molar-refractivity contribution in [1.82, 2.24) is 5.32 Å². The molecule has 0 saturated carbocycles. The Hall–Kier alpha value is 0.310. The molecule has 0 fully saturated rings. The summed E-state index contributed by atoms with van der Waals surface area (Å²) in [5.74, 6) is -0.505. The van der Waals surface area contributed by atoms with Crippen LogP contribution in [0.5, 0.6) is 0 Å². The van der Waals surface area contributed by atoms with E-state index in [0.717, 1.165) is 0 Å². The minimum atomic E-state index is -1.97. The van der Waals surface area contributed by atoms with Crippen molar-refractivity contribution >= 4 is 75.5 Å². The molecule has 0 aromatic heterocycles. The van der Waals surface area contributed by atoms with E-state index in [-0.39, 0.29) is 0 Å². The van der Waals surface area contributed by atoms with Crippen LogP contribution >= 0.6 is 69.6 Å². The normalized spacial score (nSPS) is 13.2. The van der Waals surface area contributed by atoms with Crippen molar-refractivity contribution in [1.29, 1.82) is 0 Å². The molecular weight excluding hydrogens is 423 g/mol. The molecule has 0 bridgehead atoms.